The van der Waals surface area contributed by atoms with Gasteiger partial charge in [-0.05, 0) is 23.5 Å². The molecule has 5 nitrogen and oxygen atoms in total. The van der Waals surface area contributed by atoms with Crippen LogP contribution in [-0.4, -0.2) is 30.1 Å². The van der Waals surface area contributed by atoms with Crippen molar-refractivity contribution in [2.75, 3.05) is 7.11 Å². The molecule has 1 unspecified atom stereocenters. The fourth-order valence-corrected chi connectivity index (χ4v) is 2.12. The Bertz CT molecular complexity index is 485. The average Bonchev–Trinajstić information content (AvgIpc) is 2.38. The van der Waals surface area contributed by atoms with Gasteiger partial charge in [0.25, 0.3) is 0 Å². The number of amides is 1. The molecule has 1 rings (SSSR count). The first-order valence-corrected chi connectivity index (χ1v) is 7.01. The maximum Gasteiger partial charge on any atom is 0.326 e. The number of ether oxygens (including phenoxy) is 1. The molecule has 0 bridgehead atoms. The SMILES string of the molecule is COCc1cccc(CC(=O)NC(CC(C)C)C(=O)O)c1. The van der Waals surface area contributed by atoms with Gasteiger partial charge in [0.1, 0.15) is 6.04 Å². The molecule has 0 aromatic heterocycles. The van der Waals surface area contributed by atoms with Crippen LogP contribution in [0.25, 0.3) is 0 Å². The summed E-state index contributed by atoms with van der Waals surface area (Å²) in [6.07, 6.45) is 0.588. The van der Waals surface area contributed by atoms with E-state index >= 15 is 0 Å². The Kier molecular flexibility index (Phi) is 6.88. The highest BCUT2D eigenvalue weighted by atomic mass is 16.5. The fourth-order valence-electron chi connectivity index (χ4n) is 2.12. The number of benzene rings is 1. The van der Waals surface area contributed by atoms with E-state index in [4.69, 9.17) is 9.84 Å². The van der Waals surface area contributed by atoms with Crippen molar-refractivity contribution < 1.29 is 19.4 Å². The van der Waals surface area contributed by atoms with E-state index in [1.165, 1.54) is 0 Å². The molecule has 0 aliphatic carbocycles. The van der Waals surface area contributed by atoms with E-state index in [0.29, 0.717) is 13.0 Å². The maximum absolute atomic E-state index is 12.0. The summed E-state index contributed by atoms with van der Waals surface area (Å²) in [6, 6.07) is 6.68. The van der Waals surface area contributed by atoms with E-state index in [1.54, 1.807) is 7.11 Å². The molecular formula is C16H23NO4. The van der Waals surface area contributed by atoms with Gasteiger partial charge in [-0.25, -0.2) is 4.79 Å². The normalized spacial score (nSPS) is 12.2. The molecule has 1 amide bonds. The number of carboxylic acids is 1. The first-order valence-electron chi connectivity index (χ1n) is 7.01. The molecule has 0 fully saturated rings. The van der Waals surface area contributed by atoms with E-state index in [-0.39, 0.29) is 18.2 Å². The van der Waals surface area contributed by atoms with Crippen LogP contribution in [0.2, 0.25) is 0 Å². The van der Waals surface area contributed by atoms with Gasteiger partial charge in [-0.15, -0.1) is 0 Å². The van der Waals surface area contributed by atoms with Crippen LogP contribution >= 0.6 is 0 Å². The summed E-state index contributed by atoms with van der Waals surface area (Å²) < 4.78 is 5.05. The van der Waals surface area contributed by atoms with Crippen LogP contribution in [0, 0.1) is 5.92 Å². The van der Waals surface area contributed by atoms with Gasteiger partial charge in [0.2, 0.25) is 5.91 Å². The average molecular weight is 293 g/mol. The lowest BCUT2D eigenvalue weighted by molar-refractivity contribution is -0.142. The monoisotopic (exact) mass is 293 g/mol. The lowest BCUT2D eigenvalue weighted by Gasteiger charge is -2.16. The minimum absolute atomic E-state index is 0.166. The highest BCUT2D eigenvalue weighted by molar-refractivity contribution is 5.84. The van der Waals surface area contributed by atoms with E-state index < -0.39 is 12.0 Å². The van der Waals surface area contributed by atoms with Gasteiger partial charge in [-0.1, -0.05) is 38.1 Å². The third kappa shape index (κ3) is 6.40. The first kappa shape index (κ1) is 17.2. The van der Waals surface area contributed by atoms with Gasteiger partial charge in [0.05, 0.1) is 13.0 Å². The molecule has 2 N–H and O–H groups in total. The number of hydrogen-bond donors (Lipinski definition) is 2. The zero-order valence-corrected chi connectivity index (χ0v) is 12.8. The number of methoxy groups -OCH3 is 1. The molecule has 0 aliphatic heterocycles. The van der Waals surface area contributed by atoms with Crippen molar-refractivity contribution in [3.05, 3.63) is 35.4 Å². The number of carboxylic acid groups (broad SMARTS) is 1. The van der Waals surface area contributed by atoms with E-state index in [0.717, 1.165) is 11.1 Å². The molecule has 0 radical (unpaired) electrons. The Balaban J connectivity index is 2.63. The molecule has 0 heterocycles. The Morgan fingerprint density at radius 2 is 1.95 bits per heavy atom. The Morgan fingerprint density at radius 1 is 1.29 bits per heavy atom. The summed E-state index contributed by atoms with van der Waals surface area (Å²) in [5.41, 5.74) is 1.83. The van der Waals surface area contributed by atoms with Crippen molar-refractivity contribution >= 4 is 11.9 Å². The van der Waals surface area contributed by atoms with Crippen molar-refractivity contribution in [2.24, 2.45) is 5.92 Å². The Hall–Kier alpha value is -1.88. The van der Waals surface area contributed by atoms with Crippen LogP contribution in [0.5, 0.6) is 0 Å². The fraction of sp³-hybridized carbons (Fsp3) is 0.500. The molecule has 1 aromatic rings. The van der Waals surface area contributed by atoms with Gasteiger partial charge < -0.3 is 15.2 Å². The summed E-state index contributed by atoms with van der Waals surface area (Å²) >= 11 is 0. The molecule has 5 heteroatoms. The Morgan fingerprint density at radius 3 is 2.52 bits per heavy atom. The molecule has 0 saturated heterocycles. The summed E-state index contributed by atoms with van der Waals surface area (Å²) in [5, 5.41) is 11.7. The second-order valence-corrected chi connectivity index (χ2v) is 5.52. The third-order valence-corrected chi connectivity index (χ3v) is 3.01. The first-order chi connectivity index (χ1) is 9.92. The summed E-state index contributed by atoms with van der Waals surface area (Å²) in [4.78, 5) is 23.1. The standard InChI is InChI=1S/C16H23NO4/c1-11(2)7-14(16(19)20)17-15(18)9-12-5-4-6-13(8-12)10-21-3/h4-6,8,11,14H,7,9-10H2,1-3H3,(H,17,18)(H,19,20). The molecule has 0 spiro atoms. The third-order valence-electron chi connectivity index (χ3n) is 3.01. The molecule has 0 aliphatic rings. The molecular weight excluding hydrogens is 270 g/mol. The van der Waals surface area contributed by atoms with Crippen LogP contribution in [-0.2, 0) is 27.4 Å². The van der Waals surface area contributed by atoms with Crippen LogP contribution in [0.15, 0.2) is 24.3 Å². The molecule has 1 aromatic carbocycles. The molecule has 0 saturated carbocycles. The number of rotatable bonds is 8. The number of hydrogen-bond acceptors (Lipinski definition) is 3. The van der Waals surface area contributed by atoms with E-state index in [9.17, 15) is 9.59 Å². The minimum atomic E-state index is -0.995. The van der Waals surface area contributed by atoms with Crippen molar-refractivity contribution in [1.29, 1.82) is 0 Å². The van der Waals surface area contributed by atoms with Crippen molar-refractivity contribution in [3.8, 4) is 0 Å². The predicted molar refractivity (Wildman–Crippen MR) is 79.9 cm³/mol. The van der Waals surface area contributed by atoms with Gasteiger partial charge in [-0.3, -0.25) is 4.79 Å². The van der Waals surface area contributed by atoms with Crippen LogP contribution in [0.1, 0.15) is 31.4 Å². The quantitative estimate of drug-likeness (QED) is 0.768. The van der Waals surface area contributed by atoms with Crippen LogP contribution < -0.4 is 5.32 Å². The Labute approximate surface area is 125 Å². The highest BCUT2D eigenvalue weighted by Crippen LogP contribution is 2.09. The number of carbonyl (C=O) groups is 2. The zero-order chi connectivity index (χ0) is 15.8. The van der Waals surface area contributed by atoms with Gasteiger partial charge in [-0.2, -0.15) is 0 Å². The van der Waals surface area contributed by atoms with Crippen molar-refractivity contribution in [3.63, 3.8) is 0 Å². The van der Waals surface area contributed by atoms with Gasteiger partial charge in [0, 0.05) is 7.11 Å². The maximum atomic E-state index is 12.0. The van der Waals surface area contributed by atoms with Crippen molar-refractivity contribution in [1.82, 2.24) is 5.32 Å². The van der Waals surface area contributed by atoms with Crippen LogP contribution in [0.4, 0.5) is 0 Å². The second-order valence-electron chi connectivity index (χ2n) is 5.52. The van der Waals surface area contributed by atoms with Crippen LogP contribution in [0.3, 0.4) is 0 Å². The summed E-state index contributed by atoms with van der Waals surface area (Å²) in [7, 11) is 1.61. The summed E-state index contributed by atoms with van der Waals surface area (Å²) in [5.74, 6) is -1.07. The lowest BCUT2D eigenvalue weighted by atomic mass is 10.0. The van der Waals surface area contributed by atoms with E-state index in [1.807, 2.05) is 38.1 Å². The largest absolute Gasteiger partial charge is 0.480 e. The van der Waals surface area contributed by atoms with Crippen molar-refractivity contribution in [2.45, 2.75) is 39.3 Å². The smallest absolute Gasteiger partial charge is 0.326 e. The second kappa shape index (κ2) is 8.42. The minimum Gasteiger partial charge on any atom is -0.480 e. The van der Waals surface area contributed by atoms with Gasteiger partial charge in [0.15, 0.2) is 0 Å². The topological polar surface area (TPSA) is 75.6 Å². The predicted octanol–water partition coefficient (Wildman–Crippen LogP) is 1.99. The molecule has 116 valence electrons. The van der Waals surface area contributed by atoms with E-state index in [2.05, 4.69) is 5.32 Å². The number of carbonyl (C=O) groups excluding carboxylic acids is 1. The van der Waals surface area contributed by atoms with Gasteiger partial charge >= 0.3 is 5.97 Å². The number of nitrogens with one attached hydrogen (secondary N) is 1. The molecule has 21 heavy (non-hydrogen) atoms. The number of aliphatic carboxylic acids is 1. The zero-order valence-electron chi connectivity index (χ0n) is 12.8. The lowest BCUT2D eigenvalue weighted by Crippen LogP contribution is -2.42. The molecule has 1 atom stereocenters. The summed E-state index contributed by atoms with van der Waals surface area (Å²) in [6.45, 7) is 4.34. The highest BCUT2D eigenvalue weighted by Gasteiger charge is 2.20.